The average Bonchev–Trinajstić information content (AvgIpc) is 2.85. The fourth-order valence-corrected chi connectivity index (χ4v) is 3.30. The predicted molar refractivity (Wildman–Crippen MR) is 122 cm³/mol. The Morgan fingerprint density at radius 3 is 1.97 bits per heavy atom. The molecule has 0 aromatic heterocycles. The van der Waals surface area contributed by atoms with Gasteiger partial charge < -0.3 is 29.7 Å². The molecule has 4 rings (SSSR count). The predicted octanol–water partition coefficient (Wildman–Crippen LogP) is 2.77. The normalized spacial score (nSPS) is 15.8. The van der Waals surface area contributed by atoms with Crippen molar-refractivity contribution < 1.29 is 42.1 Å². The number of hydrogen-bond acceptors (Lipinski definition) is 6. The zero-order chi connectivity index (χ0) is 26.1. The number of nitrogens with zero attached hydrogens (tertiary/aromatic N) is 2. The van der Waals surface area contributed by atoms with Gasteiger partial charge in [0.1, 0.15) is 18.5 Å². The molecule has 0 bridgehead atoms. The molecule has 2 aliphatic rings. The second-order valence-electron chi connectivity index (χ2n) is 8.04. The summed E-state index contributed by atoms with van der Waals surface area (Å²) in [6, 6.07) is 16.9. The average molecular weight is 509 g/mol. The van der Waals surface area contributed by atoms with E-state index in [9.17, 15) is 22.8 Å². The molecule has 12 heteroatoms. The molecule has 2 saturated heterocycles. The monoisotopic (exact) mass is 509 g/mol. The maximum absolute atomic E-state index is 12.7. The number of carboxylic acids is 1. The van der Waals surface area contributed by atoms with Gasteiger partial charge in [-0.3, -0.25) is 4.79 Å². The minimum atomic E-state index is -5.08. The molecule has 36 heavy (non-hydrogen) atoms. The van der Waals surface area contributed by atoms with Crippen molar-refractivity contribution in [3.05, 3.63) is 65.7 Å². The summed E-state index contributed by atoms with van der Waals surface area (Å²) in [6.07, 6.45) is -5.21. The van der Waals surface area contributed by atoms with Crippen LogP contribution in [0.1, 0.15) is 15.9 Å². The quantitative estimate of drug-likeness (QED) is 0.638. The van der Waals surface area contributed by atoms with Gasteiger partial charge in [-0.05, 0) is 29.8 Å². The third-order valence-electron chi connectivity index (χ3n) is 5.42. The second kappa shape index (κ2) is 12.2. The van der Waals surface area contributed by atoms with Crippen LogP contribution in [0.4, 0.5) is 18.0 Å². The van der Waals surface area contributed by atoms with E-state index in [2.05, 4.69) is 5.32 Å². The number of piperazine rings is 1. The fourth-order valence-electron chi connectivity index (χ4n) is 3.30. The first-order valence-electron chi connectivity index (χ1n) is 11.2. The number of halogens is 3. The van der Waals surface area contributed by atoms with Crippen LogP contribution in [0, 0.1) is 0 Å². The van der Waals surface area contributed by atoms with Crippen LogP contribution in [0.25, 0.3) is 0 Å². The summed E-state index contributed by atoms with van der Waals surface area (Å²) in [4.78, 5) is 37.3. The van der Waals surface area contributed by atoms with E-state index in [1.165, 1.54) is 0 Å². The van der Waals surface area contributed by atoms with Gasteiger partial charge in [0.05, 0.1) is 0 Å². The van der Waals surface area contributed by atoms with Crippen molar-refractivity contribution in [1.82, 2.24) is 15.1 Å². The Hall–Kier alpha value is -3.80. The first-order chi connectivity index (χ1) is 17.1. The molecule has 0 unspecified atom stereocenters. The van der Waals surface area contributed by atoms with Crippen LogP contribution in [-0.4, -0.2) is 84.4 Å². The lowest BCUT2D eigenvalue weighted by atomic mass is 10.1. The number of carbonyl (C=O) groups is 3. The Morgan fingerprint density at radius 1 is 0.917 bits per heavy atom. The number of amides is 2. The molecule has 9 nitrogen and oxygen atoms in total. The van der Waals surface area contributed by atoms with Crippen LogP contribution < -0.4 is 10.1 Å². The number of carboxylic acid groups (broad SMARTS) is 1. The number of carbonyl (C=O) groups excluding carboxylic acids is 2. The smallest absolute Gasteiger partial charge is 0.488 e. The summed E-state index contributed by atoms with van der Waals surface area (Å²) in [7, 11) is 0. The van der Waals surface area contributed by atoms with Gasteiger partial charge in [0.15, 0.2) is 0 Å². The molecule has 2 fully saturated rings. The minimum absolute atomic E-state index is 0.0286. The zero-order valence-electron chi connectivity index (χ0n) is 19.2. The van der Waals surface area contributed by atoms with E-state index < -0.39 is 12.1 Å². The van der Waals surface area contributed by atoms with Gasteiger partial charge in [0.2, 0.25) is 0 Å². The minimum Gasteiger partial charge on any atom is -0.488 e. The summed E-state index contributed by atoms with van der Waals surface area (Å²) in [6.45, 7) is 3.89. The van der Waals surface area contributed by atoms with E-state index in [0.717, 1.165) is 24.4 Å². The summed E-state index contributed by atoms with van der Waals surface area (Å²) in [5.41, 5.74) is 1.58. The number of ether oxygens (including phenoxy) is 2. The van der Waals surface area contributed by atoms with Crippen molar-refractivity contribution in [2.24, 2.45) is 0 Å². The van der Waals surface area contributed by atoms with Gasteiger partial charge in [-0.15, -0.1) is 0 Å². The Labute approximate surface area is 205 Å². The van der Waals surface area contributed by atoms with Crippen LogP contribution in [-0.2, 0) is 16.1 Å². The molecular weight excluding hydrogens is 483 g/mol. The number of rotatable bonds is 5. The van der Waals surface area contributed by atoms with Gasteiger partial charge >= 0.3 is 18.2 Å². The lowest BCUT2D eigenvalue weighted by Crippen LogP contribution is -2.50. The maximum atomic E-state index is 12.7. The van der Waals surface area contributed by atoms with Crippen molar-refractivity contribution in [3.63, 3.8) is 0 Å². The van der Waals surface area contributed by atoms with E-state index >= 15 is 0 Å². The number of hydrogen-bond donors (Lipinski definition) is 2. The summed E-state index contributed by atoms with van der Waals surface area (Å²) < 4.78 is 42.9. The molecule has 2 aromatic rings. The van der Waals surface area contributed by atoms with Crippen molar-refractivity contribution in [1.29, 1.82) is 0 Å². The van der Waals surface area contributed by atoms with Gasteiger partial charge in [-0.2, -0.15) is 13.2 Å². The molecule has 0 aliphatic carbocycles. The molecule has 0 spiro atoms. The van der Waals surface area contributed by atoms with Crippen molar-refractivity contribution in [3.8, 4) is 5.75 Å². The Kier molecular flexibility index (Phi) is 9.12. The Bertz CT molecular complexity index is 1020. The molecule has 2 aliphatic heterocycles. The lowest BCUT2D eigenvalue weighted by Gasteiger charge is -2.34. The highest BCUT2D eigenvalue weighted by atomic mass is 19.4. The van der Waals surface area contributed by atoms with E-state index in [4.69, 9.17) is 19.4 Å². The highest BCUT2D eigenvalue weighted by Crippen LogP contribution is 2.17. The van der Waals surface area contributed by atoms with Crippen molar-refractivity contribution in [2.45, 2.75) is 18.9 Å². The molecule has 0 atom stereocenters. The van der Waals surface area contributed by atoms with Crippen LogP contribution in [0.5, 0.6) is 5.75 Å². The standard InChI is InChI=1S/C22H25N3O4.C2HF3O2/c26-21(18-6-8-19(9-7-18)29-20-14-23-15-20)24-10-12-25(13-11-24)22(27)28-16-17-4-2-1-3-5-17;3-2(4,5)1(6)7/h1-9,20,23H,10-16H2;(H,6,7). The molecule has 2 heterocycles. The topological polar surface area (TPSA) is 108 Å². The third-order valence-corrected chi connectivity index (χ3v) is 5.42. The second-order valence-corrected chi connectivity index (χ2v) is 8.04. The SMILES string of the molecule is O=C(O)C(F)(F)F.O=C(OCc1ccccc1)N1CCN(C(=O)c2ccc(OC3CNC3)cc2)CC1. The lowest BCUT2D eigenvalue weighted by molar-refractivity contribution is -0.192. The van der Waals surface area contributed by atoms with Crippen LogP contribution >= 0.6 is 0 Å². The molecule has 0 radical (unpaired) electrons. The first kappa shape index (κ1) is 26.8. The highest BCUT2D eigenvalue weighted by molar-refractivity contribution is 5.94. The molecule has 2 aromatic carbocycles. The highest BCUT2D eigenvalue weighted by Gasteiger charge is 2.38. The van der Waals surface area contributed by atoms with Crippen molar-refractivity contribution in [2.75, 3.05) is 39.3 Å². The summed E-state index contributed by atoms with van der Waals surface area (Å²) in [5, 5.41) is 10.3. The van der Waals surface area contributed by atoms with E-state index in [1.54, 1.807) is 21.9 Å². The van der Waals surface area contributed by atoms with Crippen LogP contribution in [0.15, 0.2) is 54.6 Å². The first-order valence-corrected chi connectivity index (χ1v) is 11.2. The third kappa shape index (κ3) is 7.87. The van der Waals surface area contributed by atoms with Gasteiger partial charge in [0.25, 0.3) is 5.91 Å². The van der Waals surface area contributed by atoms with Gasteiger partial charge in [-0.25, -0.2) is 9.59 Å². The van der Waals surface area contributed by atoms with Crippen LogP contribution in [0.3, 0.4) is 0 Å². The summed E-state index contributed by atoms with van der Waals surface area (Å²) >= 11 is 0. The number of nitrogens with one attached hydrogen (secondary N) is 1. The number of alkyl halides is 3. The van der Waals surface area contributed by atoms with Crippen molar-refractivity contribution >= 4 is 18.0 Å². The number of benzene rings is 2. The zero-order valence-corrected chi connectivity index (χ0v) is 19.2. The van der Waals surface area contributed by atoms with E-state index in [0.29, 0.717) is 31.7 Å². The largest absolute Gasteiger partial charge is 0.490 e. The molecule has 2 N–H and O–H groups in total. The Morgan fingerprint density at radius 2 is 1.47 bits per heavy atom. The van der Waals surface area contributed by atoms with Gasteiger partial charge in [-0.1, -0.05) is 30.3 Å². The van der Waals surface area contributed by atoms with E-state index in [1.807, 2.05) is 42.5 Å². The summed E-state index contributed by atoms with van der Waals surface area (Å²) in [5.74, 6) is -2.01. The molecule has 2 amide bonds. The fraction of sp³-hybridized carbons (Fsp3) is 0.375. The van der Waals surface area contributed by atoms with Gasteiger partial charge in [0, 0.05) is 44.8 Å². The maximum Gasteiger partial charge on any atom is 0.490 e. The molecular formula is C24H26F3N3O6. The molecule has 0 saturated carbocycles. The van der Waals surface area contributed by atoms with Crippen LogP contribution in [0.2, 0.25) is 0 Å². The molecule has 194 valence electrons. The van der Waals surface area contributed by atoms with E-state index in [-0.39, 0.29) is 24.7 Å². The number of aliphatic carboxylic acids is 1. The Balaban J connectivity index is 0.000000454.